The summed E-state index contributed by atoms with van der Waals surface area (Å²) < 4.78 is 13.2. The van der Waals surface area contributed by atoms with Crippen LogP contribution in [0, 0.1) is 10.1 Å². The van der Waals surface area contributed by atoms with Gasteiger partial charge in [-0.05, 0) is 42.8 Å². The minimum Gasteiger partial charge on any atom is -0.496 e. The summed E-state index contributed by atoms with van der Waals surface area (Å²) in [5.74, 6) is 1.71. The van der Waals surface area contributed by atoms with Gasteiger partial charge in [0.1, 0.15) is 23.1 Å². The van der Waals surface area contributed by atoms with E-state index in [4.69, 9.17) is 9.15 Å². The number of aromatic nitrogens is 2. The van der Waals surface area contributed by atoms with Gasteiger partial charge in [0.05, 0.1) is 40.8 Å². The number of methoxy groups -OCH3 is 1. The van der Waals surface area contributed by atoms with Crippen molar-refractivity contribution in [3.63, 3.8) is 0 Å². The number of ether oxygens (including phenoxy) is 1. The molecule has 0 fully saturated rings. The molecule has 33 heavy (non-hydrogen) atoms. The molecule has 0 aliphatic heterocycles. The molecular formula is C23H19BrN4O5. The van der Waals surface area contributed by atoms with Gasteiger partial charge in [-0.25, -0.2) is 4.98 Å². The zero-order valence-electron chi connectivity index (χ0n) is 17.8. The van der Waals surface area contributed by atoms with Crippen LogP contribution in [0.15, 0.2) is 67.3 Å². The van der Waals surface area contributed by atoms with Crippen LogP contribution in [-0.2, 0) is 6.42 Å². The van der Waals surface area contributed by atoms with E-state index >= 15 is 0 Å². The maximum Gasteiger partial charge on any atom is 0.282 e. The second kappa shape index (κ2) is 9.37. The van der Waals surface area contributed by atoms with Crippen molar-refractivity contribution in [2.45, 2.75) is 19.8 Å². The monoisotopic (exact) mass is 510 g/mol. The Balaban J connectivity index is 1.72. The normalized spacial score (nSPS) is 11.4. The molecule has 2 aromatic carbocycles. The van der Waals surface area contributed by atoms with E-state index in [0.717, 1.165) is 10.9 Å². The summed E-state index contributed by atoms with van der Waals surface area (Å²) in [6, 6.07) is 13.0. The Bertz CT molecular complexity index is 1440. The van der Waals surface area contributed by atoms with Gasteiger partial charge >= 0.3 is 0 Å². The predicted octanol–water partition coefficient (Wildman–Crippen LogP) is 5.17. The standard InChI is InChI=1S/C23H19BrN4O5/c1-3-4-22-26-19-9-5-14(24)11-18(19)23(29)27(22)25-13-16-7-10-20(33-16)17-8-6-15(28(30)31)12-21(17)32-2/h5-13H,3-4H2,1-2H3. The van der Waals surface area contributed by atoms with Crippen molar-refractivity contribution in [3.8, 4) is 17.1 Å². The summed E-state index contributed by atoms with van der Waals surface area (Å²) in [4.78, 5) is 28.2. The third-order valence-corrected chi connectivity index (χ3v) is 5.43. The van der Waals surface area contributed by atoms with Crippen molar-refractivity contribution in [1.82, 2.24) is 9.66 Å². The van der Waals surface area contributed by atoms with Crippen LogP contribution in [0.5, 0.6) is 5.75 Å². The molecule has 4 aromatic rings. The van der Waals surface area contributed by atoms with E-state index in [1.807, 2.05) is 13.0 Å². The summed E-state index contributed by atoms with van der Waals surface area (Å²) in [5, 5.41) is 15.8. The van der Waals surface area contributed by atoms with Crippen LogP contribution < -0.4 is 10.3 Å². The van der Waals surface area contributed by atoms with Crippen LogP contribution in [0.1, 0.15) is 24.9 Å². The molecule has 0 aliphatic rings. The lowest BCUT2D eigenvalue weighted by Gasteiger charge is -2.08. The van der Waals surface area contributed by atoms with Crippen molar-refractivity contribution >= 4 is 38.7 Å². The third-order valence-electron chi connectivity index (χ3n) is 4.94. The first kappa shape index (κ1) is 22.4. The number of nitro benzene ring substituents is 1. The molecule has 9 nitrogen and oxygen atoms in total. The Morgan fingerprint density at radius 3 is 2.79 bits per heavy atom. The molecule has 0 N–H and O–H groups in total. The molecule has 0 amide bonds. The topological polar surface area (TPSA) is 113 Å². The Hall–Kier alpha value is -3.79. The van der Waals surface area contributed by atoms with Gasteiger partial charge in [-0.1, -0.05) is 22.9 Å². The van der Waals surface area contributed by atoms with E-state index in [0.29, 0.717) is 46.0 Å². The minimum absolute atomic E-state index is 0.0813. The number of benzene rings is 2. The van der Waals surface area contributed by atoms with Gasteiger partial charge < -0.3 is 9.15 Å². The van der Waals surface area contributed by atoms with Crippen LogP contribution in [0.4, 0.5) is 5.69 Å². The molecule has 2 aromatic heterocycles. The number of hydrogen-bond acceptors (Lipinski definition) is 7. The highest BCUT2D eigenvalue weighted by Crippen LogP contribution is 2.34. The molecule has 10 heteroatoms. The first-order chi connectivity index (χ1) is 15.9. The number of halogens is 1. The van der Waals surface area contributed by atoms with E-state index in [-0.39, 0.29) is 11.2 Å². The van der Waals surface area contributed by atoms with E-state index in [1.165, 1.54) is 30.1 Å². The summed E-state index contributed by atoms with van der Waals surface area (Å²) in [6.45, 7) is 2.00. The zero-order chi connectivity index (χ0) is 23.5. The van der Waals surface area contributed by atoms with Crippen LogP contribution in [0.25, 0.3) is 22.2 Å². The number of non-ortho nitro benzene ring substituents is 1. The SMILES string of the molecule is CCCc1nc2ccc(Br)cc2c(=O)n1N=Cc1ccc(-c2ccc([N+](=O)[O-])cc2OC)o1. The fraction of sp³-hybridized carbons (Fsp3) is 0.174. The summed E-state index contributed by atoms with van der Waals surface area (Å²) in [5.41, 5.74) is 0.819. The van der Waals surface area contributed by atoms with Gasteiger partial charge in [-0.15, -0.1) is 0 Å². The molecule has 0 spiro atoms. The fourth-order valence-electron chi connectivity index (χ4n) is 3.38. The fourth-order valence-corrected chi connectivity index (χ4v) is 3.74. The molecule has 0 atom stereocenters. The minimum atomic E-state index is -0.492. The first-order valence-electron chi connectivity index (χ1n) is 10.1. The van der Waals surface area contributed by atoms with Gasteiger partial charge in [-0.2, -0.15) is 9.78 Å². The maximum absolute atomic E-state index is 13.1. The molecule has 2 heterocycles. The Morgan fingerprint density at radius 2 is 2.06 bits per heavy atom. The van der Waals surface area contributed by atoms with Crippen molar-refractivity contribution < 1.29 is 14.1 Å². The first-order valence-corrected chi connectivity index (χ1v) is 10.9. The van der Waals surface area contributed by atoms with Crippen LogP contribution in [0.3, 0.4) is 0 Å². The van der Waals surface area contributed by atoms with Crippen molar-refractivity contribution in [2.75, 3.05) is 7.11 Å². The number of nitro groups is 1. The van der Waals surface area contributed by atoms with E-state index in [9.17, 15) is 14.9 Å². The summed E-state index contributed by atoms with van der Waals surface area (Å²) in [7, 11) is 1.43. The lowest BCUT2D eigenvalue weighted by atomic mass is 10.1. The zero-order valence-corrected chi connectivity index (χ0v) is 19.4. The summed E-state index contributed by atoms with van der Waals surface area (Å²) in [6.07, 6.45) is 2.82. The number of rotatable bonds is 7. The second-order valence-electron chi connectivity index (χ2n) is 7.14. The molecular weight excluding hydrogens is 492 g/mol. The van der Waals surface area contributed by atoms with Crippen LogP contribution >= 0.6 is 15.9 Å². The van der Waals surface area contributed by atoms with Gasteiger partial charge in [0.25, 0.3) is 11.2 Å². The van der Waals surface area contributed by atoms with Crippen molar-refractivity contribution in [2.24, 2.45) is 5.10 Å². The predicted molar refractivity (Wildman–Crippen MR) is 128 cm³/mol. The highest BCUT2D eigenvalue weighted by Gasteiger charge is 2.15. The van der Waals surface area contributed by atoms with Gasteiger partial charge in [-0.3, -0.25) is 14.9 Å². The third kappa shape index (κ3) is 4.56. The molecule has 4 rings (SSSR count). The van der Waals surface area contributed by atoms with Crippen LogP contribution in [-0.4, -0.2) is 27.9 Å². The number of nitrogens with zero attached hydrogens (tertiary/aromatic N) is 4. The van der Waals surface area contributed by atoms with Crippen molar-refractivity contribution in [1.29, 1.82) is 0 Å². The summed E-state index contributed by atoms with van der Waals surface area (Å²) >= 11 is 3.39. The van der Waals surface area contributed by atoms with Crippen molar-refractivity contribution in [3.05, 3.63) is 85.1 Å². The number of furan rings is 1. The highest BCUT2D eigenvalue weighted by atomic mass is 79.9. The smallest absolute Gasteiger partial charge is 0.282 e. The van der Waals surface area contributed by atoms with Gasteiger partial charge in [0.2, 0.25) is 0 Å². The quantitative estimate of drug-likeness (QED) is 0.192. The second-order valence-corrected chi connectivity index (χ2v) is 8.06. The molecule has 0 saturated carbocycles. The Morgan fingerprint density at radius 1 is 1.24 bits per heavy atom. The number of fused-ring (bicyclic) bond motifs is 1. The maximum atomic E-state index is 13.1. The number of aryl methyl sites for hydroxylation is 1. The van der Waals surface area contributed by atoms with E-state index < -0.39 is 4.92 Å². The largest absolute Gasteiger partial charge is 0.496 e. The molecule has 168 valence electrons. The van der Waals surface area contributed by atoms with E-state index in [2.05, 4.69) is 26.0 Å². The molecule has 0 saturated heterocycles. The molecule has 0 bridgehead atoms. The van der Waals surface area contributed by atoms with E-state index in [1.54, 1.807) is 30.3 Å². The average molecular weight is 511 g/mol. The van der Waals surface area contributed by atoms with Gasteiger partial charge in [0, 0.05) is 17.0 Å². The Kier molecular flexibility index (Phi) is 6.36. The Labute approximate surface area is 196 Å². The lowest BCUT2D eigenvalue weighted by Crippen LogP contribution is -2.22. The number of hydrogen-bond donors (Lipinski definition) is 0. The highest BCUT2D eigenvalue weighted by molar-refractivity contribution is 9.10. The van der Waals surface area contributed by atoms with Crippen LogP contribution in [0.2, 0.25) is 0 Å². The molecule has 0 unspecified atom stereocenters. The lowest BCUT2D eigenvalue weighted by molar-refractivity contribution is -0.384. The molecule has 0 radical (unpaired) electrons. The van der Waals surface area contributed by atoms with Gasteiger partial charge in [0.15, 0.2) is 0 Å². The molecule has 0 aliphatic carbocycles. The average Bonchev–Trinajstić information content (AvgIpc) is 3.28.